The fraction of sp³-hybridized carbons (Fsp3) is 0.286. The van der Waals surface area contributed by atoms with Crippen LogP contribution in [-0.4, -0.2) is 26.3 Å². The zero-order valence-electron chi connectivity index (χ0n) is 15.8. The number of aromatic nitrogens is 3. The van der Waals surface area contributed by atoms with Gasteiger partial charge in [0.25, 0.3) is 0 Å². The molecule has 0 aliphatic rings. The molecule has 0 aliphatic carbocycles. The number of aromatic amines is 1. The van der Waals surface area contributed by atoms with E-state index in [0.717, 1.165) is 23.2 Å². The van der Waals surface area contributed by atoms with Crippen LogP contribution < -0.4 is 5.32 Å². The number of benzene rings is 2. The molecule has 1 amide bonds. The summed E-state index contributed by atoms with van der Waals surface area (Å²) >= 11 is 1.34. The normalized spacial score (nSPS) is 13.1. The van der Waals surface area contributed by atoms with E-state index in [4.69, 9.17) is 0 Å². The lowest BCUT2D eigenvalue weighted by Crippen LogP contribution is -2.23. The van der Waals surface area contributed by atoms with Gasteiger partial charge >= 0.3 is 0 Å². The van der Waals surface area contributed by atoms with Crippen molar-refractivity contribution in [1.29, 1.82) is 0 Å². The average molecular weight is 381 g/mol. The summed E-state index contributed by atoms with van der Waals surface area (Å²) in [4.78, 5) is 17.1. The quantitative estimate of drug-likeness (QED) is 0.559. The van der Waals surface area contributed by atoms with Crippen LogP contribution in [0.3, 0.4) is 0 Å². The minimum Gasteiger partial charge on any atom is -0.325 e. The van der Waals surface area contributed by atoms with Crippen molar-refractivity contribution in [2.75, 3.05) is 5.32 Å². The van der Waals surface area contributed by atoms with Crippen LogP contribution >= 0.6 is 11.8 Å². The number of carbonyl (C=O) groups excluding carboxylic acids is 1. The van der Waals surface area contributed by atoms with E-state index in [0.29, 0.717) is 16.9 Å². The number of nitrogens with zero attached hydrogens (tertiary/aromatic N) is 2. The summed E-state index contributed by atoms with van der Waals surface area (Å²) in [5.41, 5.74) is 3.01. The number of hydrogen-bond acceptors (Lipinski definition) is 4. The lowest BCUT2D eigenvalue weighted by molar-refractivity contribution is -0.115. The summed E-state index contributed by atoms with van der Waals surface area (Å²) in [6.07, 6.45) is 1.02. The number of anilines is 1. The molecule has 5 nitrogen and oxygen atoms in total. The van der Waals surface area contributed by atoms with Crippen molar-refractivity contribution in [2.24, 2.45) is 0 Å². The zero-order valence-corrected chi connectivity index (χ0v) is 16.6. The Bertz CT molecular complexity index is 894. The van der Waals surface area contributed by atoms with Gasteiger partial charge in [-0.3, -0.25) is 9.89 Å². The Morgan fingerprint density at radius 2 is 1.81 bits per heavy atom. The van der Waals surface area contributed by atoms with E-state index in [1.54, 1.807) is 0 Å². The summed E-state index contributed by atoms with van der Waals surface area (Å²) in [6.45, 7) is 6.18. The first-order valence-electron chi connectivity index (χ1n) is 9.12. The molecule has 0 fully saturated rings. The first kappa shape index (κ1) is 19.2. The Hall–Kier alpha value is -2.60. The van der Waals surface area contributed by atoms with Gasteiger partial charge in [0.1, 0.15) is 0 Å². The van der Waals surface area contributed by atoms with Gasteiger partial charge in [-0.15, -0.1) is 5.10 Å². The van der Waals surface area contributed by atoms with E-state index in [-0.39, 0.29) is 11.2 Å². The Morgan fingerprint density at radius 1 is 1.11 bits per heavy atom. The van der Waals surface area contributed by atoms with Crippen LogP contribution in [0.4, 0.5) is 5.69 Å². The molecule has 2 aromatic carbocycles. The van der Waals surface area contributed by atoms with E-state index in [9.17, 15) is 4.79 Å². The van der Waals surface area contributed by atoms with Crippen molar-refractivity contribution in [3.8, 4) is 11.4 Å². The smallest absolute Gasteiger partial charge is 0.237 e. The molecule has 0 saturated carbocycles. The standard InChI is InChI=1S/C21H24N4OS/c1-4-14(2)17-12-8-9-13-18(17)22-20(26)15(3)27-21-23-19(24-25-21)16-10-6-5-7-11-16/h5-15H,4H2,1-3H3,(H,22,26)(H,23,24,25)/t14-,15+/m1/s1. The zero-order chi connectivity index (χ0) is 19.2. The van der Waals surface area contributed by atoms with Crippen molar-refractivity contribution in [2.45, 2.75) is 43.5 Å². The third kappa shape index (κ3) is 4.77. The van der Waals surface area contributed by atoms with Crippen LogP contribution in [0.15, 0.2) is 59.8 Å². The minimum absolute atomic E-state index is 0.0539. The van der Waals surface area contributed by atoms with Crippen LogP contribution in [-0.2, 0) is 4.79 Å². The van der Waals surface area contributed by atoms with Gasteiger partial charge in [0.2, 0.25) is 11.1 Å². The predicted molar refractivity (Wildman–Crippen MR) is 111 cm³/mol. The number of H-pyrrole nitrogens is 1. The number of rotatable bonds is 7. The molecule has 0 saturated heterocycles. The molecule has 3 aromatic rings. The maximum atomic E-state index is 12.7. The van der Waals surface area contributed by atoms with E-state index < -0.39 is 0 Å². The molecule has 0 bridgehead atoms. The number of nitrogens with one attached hydrogen (secondary N) is 2. The molecule has 6 heteroatoms. The number of hydrogen-bond donors (Lipinski definition) is 2. The first-order chi connectivity index (χ1) is 13.1. The Labute approximate surface area is 164 Å². The molecule has 0 aliphatic heterocycles. The van der Waals surface area contributed by atoms with E-state index in [2.05, 4.69) is 40.4 Å². The topological polar surface area (TPSA) is 70.7 Å². The lowest BCUT2D eigenvalue weighted by Gasteiger charge is -2.17. The van der Waals surface area contributed by atoms with Gasteiger partial charge in [-0.2, -0.15) is 0 Å². The number of carbonyl (C=O) groups is 1. The summed E-state index contributed by atoms with van der Waals surface area (Å²) in [5, 5.41) is 10.5. The predicted octanol–water partition coefficient (Wildman–Crippen LogP) is 5.10. The molecular formula is C21H24N4OS. The van der Waals surface area contributed by atoms with Crippen molar-refractivity contribution < 1.29 is 4.79 Å². The molecule has 1 aromatic heterocycles. The molecule has 2 N–H and O–H groups in total. The fourth-order valence-corrected chi connectivity index (χ4v) is 3.46. The monoisotopic (exact) mass is 380 g/mol. The third-order valence-corrected chi connectivity index (χ3v) is 5.49. The van der Waals surface area contributed by atoms with Gasteiger partial charge in [-0.1, -0.05) is 74.1 Å². The van der Waals surface area contributed by atoms with E-state index in [1.807, 2.05) is 55.5 Å². The minimum atomic E-state index is -0.311. The van der Waals surface area contributed by atoms with E-state index >= 15 is 0 Å². The highest BCUT2D eigenvalue weighted by molar-refractivity contribution is 8.00. The molecule has 0 unspecified atom stereocenters. The Kier molecular flexibility index (Phi) is 6.29. The van der Waals surface area contributed by atoms with Gasteiger partial charge in [0.15, 0.2) is 5.82 Å². The molecule has 0 radical (unpaired) electrons. The molecule has 27 heavy (non-hydrogen) atoms. The van der Waals surface area contributed by atoms with Crippen LogP contribution in [0.5, 0.6) is 0 Å². The largest absolute Gasteiger partial charge is 0.325 e. The lowest BCUT2D eigenvalue weighted by atomic mass is 9.97. The van der Waals surface area contributed by atoms with Gasteiger partial charge < -0.3 is 5.32 Å². The molecule has 140 valence electrons. The molecule has 2 atom stereocenters. The Morgan fingerprint density at radius 3 is 2.56 bits per heavy atom. The highest BCUT2D eigenvalue weighted by atomic mass is 32.2. The number of amides is 1. The number of para-hydroxylation sites is 1. The molecule has 0 spiro atoms. The fourth-order valence-electron chi connectivity index (χ4n) is 2.73. The maximum absolute atomic E-state index is 12.7. The maximum Gasteiger partial charge on any atom is 0.237 e. The van der Waals surface area contributed by atoms with Crippen LogP contribution in [0.1, 0.15) is 38.7 Å². The second kappa shape index (κ2) is 8.86. The molecule has 3 rings (SSSR count). The third-order valence-electron chi connectivity index (χ3n) is 4.53. The van der Waals surface area contributed by atoms with Crippen molar-refractivity contribution in [1.82, 2.24) is 15.2 Å². The Balaban J connectivity index is 1.66. The summed E-state index contributed by atoms with van der Waals surface area (Å²) in [6, 6.07) is 17.8. The second-order valence-electron chi connectivity index (χ2n) is 6.48. The first-order valence-corrected chi connectivity index (χ1v) is 10.0. The average Bonchev–Trinajstić information content (AvgIpc) is 3.17. The summed E-state index contributed by atoms with van der Waals surface area (Å²) < 4.78 is 0. The van der Waals surface area contributed by atoms with Crippen LogP contribution in [0.25, 0.3) is 11.4 Å². The van der Waals surface area contributed by atoms with Gasteiger partial charge in [-0.05, 0) is 30.9 Å². The van der Waals surface area contributed by atoms with Crippen LogP contribution in [0.2, 0.25) is 0 Å². The number of thioether (sulfide) groups is 1. The highest BCUT2D eigenvalue weighted by Crippen LogP contribution is 2.28. The molecular weight excluding hydrogens is 356 g/mol. The van der Waals surface area contributed by atoms with Crippen molar-refractivity contribution in [3.63, 3.8) is 0 Å². The SMILES string of the molecule is CC[C@@H](C)c1ccccc1NC(=O)[C@H](C)Sc1n[nH]c(-c2ccccc2)n1. The summed E-state index contributed by atoms with van der Waals surface area (Å²) in [5.74, 6) is 1.04. The van der Waals surface area contributed by atoms with Crippen molar-refractivity contribution >= 4 is 23.4 Å². The van der Waals surface area contributed by atoms with Gasteiger partial charge in [0, 0.05) is 11.3 Å². The van der Waals surface area contributed by atoms with Gasteiger partial charge in [0.05, 0.1) is 5.25 Å². The van der Waals surface area contributed by atoms with Crippen molar-refractivity contribution in [3.05, 3.63) is 60.2 Å². The summed E-state index contributed by atoms with van der Waals surface area (Å²) in [7, 11) is 0. The molecule has 1 heterocycles. The highest BCUT2D eigenvalue weighted by Gasteiger charge is 2.19. The van der Waals surface area contributed by atoms with Crippen LogP contribution in [0, 0.1) is 0 Å². The van der Waals surface area contributed by atoms with E-state index in [1.165, 1.54) is 11.8 Å². The second-order valence-corrected chi connectivity index (χ2v) is 7.79. The van der Waals surface area contributed by atoms with Gasteiger partial charge in [-0.25, -0.2) is 4.98 Å².